The minimum atomic E-state index is -0.366. The minimum Gasteiger partial charge on any atom is -0.483 e. The number of halogens is 2. The Morgan fingerprint density at radius 1 is 1.19 bits per heavy atom. The molecule has 0 radical (unpaired) electrons. The molecule has 2 nitrogen and oxygen atoms in total. The van der Waals surface area contributed by atoms with Crippen molar-refractivity contribution in [3.8, 4) is 5.75 Å². The Balaban J connectivity index is 2.32. The molecule has 0 heterocycles. The highest BCUT2D eigenvalue weighted by Gasteiger charge is 2.21. The fraction of sp³-hybridized carbons (Fsp3) is 0.294. The van der Waals surface area contributed by atoms with Crippen molar-refractivity contribution in [2.24, 2.45) is 5.73 Å². The summed E-state index contributed by atoms with van der Waals surface area (Å²) < 4.78 is 19.1. The lowest BCUT2D eigenvalue weighted by Gasteiger charge is -2.25. The Morgan fingerprint density at radius 3 is 2.48 bits per heavy atom. The topological polar surface area (TPSA) is 35.2 Å². The van der Waals surface area contributed by atoms with Crippen molar-refractivity contribution in [3.63, 3.8) is 0 Å². The fourth-order valence-electron chi connectivity index (χ4n) is 2.11. The van der Waals surface area contributed by atoms with Crippen LogP contribution in [0.4, 0.5) is 4.39 Å². The van der Waals surface area contributed by atoms with Gasteiger partial charge in [-0.05, 0) is 48.7 Å². The van der Waals surface area contributed by atoms with E-state index in [-0.39, 0.29) is 18.0 Å². The number of nitrogens with two attached hydrogens (primary N) is 1. The predicted molar refractivity (Wildman–Crippen MR) is 84.2 cm³/mol. The summed E-state index contributed by atoms with van der Waals surface area (Å²) >= 11 is 6.18. The van der Waals surface area contributed by atoms with E-state index in [1.54, 1.807) is 18.2 Å². The van der Waals surface area contributed by atoms with E-state index in [1.807, 2.05) is 26.0 Å². The molecule has 0 aliphatic heterocycles. The third kappa shape index (κ3) is 3.96. The van der Waals surface area contributed by atoms with E-state index < -0.39 is 0 Å². The molecular weight excluding hydrogens is 289 g/mol. The molecule has 0 aromatic heterocycles. The molecular formula is C17H19ClFNO. The van der Waals surface area contributed by atoms with E-state index in [1.165, 1.54) is 12.1 Å². The second-order valence-corrected chi connectivity index (χ2v) is 5.50. The van der Waals surface area contributed by atoms with Crippen LogP contribution >= 0.6 is 11.6 Å². The molecule has 4 heteroatoms. The maximum Gasteiger partial charge on any atom is 0.139 e. The normalized spacial score (nSPS) is 13.8. The van der Waals surface area contributed by atoms with Crippen LogP contribution < -0.4 is 10.5 Å². The molecule has 0 fully saturated rings. The molecule has 2 aromatic rings. The molecule has 112 valence electrons. The van der Waals surface area contributed by atoms with Crippen molar-refractivity contribution < 1.29 is 9.13 Å². The molecule has 0 saturated heterocycles. The van der Waals surface area contributed by atoms with Crippen LogP contribution in [0, 0.1) is 12.7 Å². The molecule has 0 aliphatic rings. The standard InChI is InChI=1S/C17H19ClFNO/c1-3-15(20)17(12-5-7-13(19)8-6-12)21-16-10-11(2)4-9-14(16)18/h4-10,15,17H,3,20H2,1-2H3. The summed E-state index contributed by atoms with van der Waals surface area (Å²) in [6.07, 6.45) is 0.376. The molecule has 2 aromatic carbocycles. The highest BCUT2D eigenvalue weighted by atomic mass is 35.5. The fourth-order valence-corrected chi connectivity index (χ4v) is 2.27. The zero-order valence-corrected chi connectivity index (χ0v) is 12.9. The molecule has 2 atom stereocenters. The Morgan fingerprint density at radius 2 is 1.86 bits per heavy atom. The number of benzene rings is 2. The van der Waals surface area contributed by atoms with Gasteiger partial charge in [0.05, 0.1) is 5.02 Å². The van der Waals surface area contributed by atoms with Gasteiger partial charge in [-0.15, -0.1) is 0 Å². The van der Waals surface area contributed by atoms with Crippen LogP contribution in [0.15, 0.2) is 42.5 Å². The van der Waals surface area contributed by atoms with Crippen LogP contribution in [0.3, 0.4) is 0 Å². The van der Waals surface area contributed by atoms with Gasteiger partial charge in [0.2, 0.25) is 0 Å². The third-order valence-corrected chi connectivity index (χ3v) is 3.71. The summed E-state index contributed by atoms with van der Waals surface area (Å²) in [5, 5.41) is 0.538. The highest BCUT2D eigenvalue weighted by molar-refractivity contribution is 6.32. The van der Waals surface area contributed by atoms with Crippen molar-refractivity contribution in [2.45, 2.75) is 32.4 Å². The van der Waals surface area contributed by atoms with Gasteiger partial charge in [0, 0.05) is 6.04 Å². The largest absolute Gasteiger partial charge is 0.483 e. The number of rotatable bonds is 5. The van der Waals surface area contributed by atoms with Crippen LogP contribution in [0.2, 0.25) is 5.02 Å². The molecule has 2 rings (SSSR count). The monoisotopic (exact) mass is 307 g/mol. The lowest BCUT2D eigenvalue weighted by Crippen LogP contribution is -2.31. The van der Waals surface area contributed by atoms with Crippen molar-refractivity contribution in [1.29, 1.82) is 0 Å². The zero-order valence-electron chi connectivity index (χ0n) is 12.1. The molecule has 0 aliphatic carbocycles. The van der Waals surface area contributed by atoms with Gasteiger partial charge in [-0.25, -0.2) is 4.39 Å². The first-order valence-electron chi connectivity index (χ1n) is 6.95. The number of aryl methyl sites for hydroxylation is 1. The van der Waals surface area contributed by atoms with E-state index >= 15 is 0 Å². The summed E-state index contributed by atoms with van der Waals surface area (Å²) in [7, 11) is 0. The number of hydrogen-bond acceptors (Lipinski definition) is 2. The van der Waals surface area contributed by atoms with Crippen molar-refractivity contribution in [1.82, 2.24) is 0 Å². The van der Waals surface area contributed by atoms with Crippen LogP contribution in [0.1, 0.15) is 30.6 Å². The number of hydrogen-bond donors (Lipinski definition) is 1. The SMILES string of the molecule is CCC(N)C(Oc1cc(C)ccc1Cl)c1ccc(F)cc1. The molecule has 0 spiro atoms. The number of ether oxygens (including phenoxy) is 1. The van der Waals surface area contributed by atoms with Crippen LogP contribution in [-0.2, 0) is 0 Å². The second-order valence-electron chi connectivity index (χ2n) is 5.10. The van der Waals surface area contributed by atoms with Gasteiger partial charge < -0.3 is 10.5 Å². The van der Waals surface area contributed by atoms with Gasteiger partial charge >= 0.3 is 0 Å². The maximum atomic E-state index is 13.1. The lowest BCUT2D eigenvalue weighted by molar-refractivity contribution is 0.171. The van der Waals surface area contributed by atoms with Gasteiger partial charge in [-0.3, -0.25) is 0 Å². The second kappa shape index (κ2) is 6.92. The Labute approximate surface area is 129 Å². The van der Waals surface area contributed by atoms with Gasteiger partial charge in [-0.2, -0.15) is 0 Å². The van der Waals surface area contributed by atoms with Crippen molar-refractivity contribution in [2.75, 3.05) is 0 Å². The molecule has 2 N–H and O–H groups in total. The molecule has 0 saturated carbocycles. The Kier molecular flexibility index (Phi) is 5.21. The Hall–Kier alpha value is -1.58. The molecule has 0 bridgehead atoms. The predicted octanol–water partition coefficient (Wildman–Crippen LogP) is 4.64. The average molecular weight is 308 g/mol. The van der Waals surface area contributed by atoms with Gasteiger partial charge in [-0.1, -0.05) is 36.7 Å². The zero-order chi connectivity index (χ0) is 15.4. The first-order valence-corrected chi connectivity index (χ1v) is 7.33. The summed E-state index contributed by atoms with van der Waals surface area (Å²) in [5.74, 6) is 0.311. The third-order valence-electron chi connectivity index (χ3n) is 3.40. The van der Waals surface area contributed by atoms with E-state index in [9.17, 15) is 4.39 Å². The summed E-state index contributed by atoms with van der Waals surface area (Å²) in [4.78, 5) is 0. The van der Waals surface area contributed by atoms with Crippen LogP contribution in [-0.4, -0.2) is 6.04 Å². The average Bonchev–Trinajstić information content (AvgIpc) is 2.48. The first-order chi connectivity index (χ1) is 10.0. The molecule has 21 heavy (non-hydrogen) atoms. The summed E-state index contributed by atoms with van der Waals surface area (Å²) in [6, 6.07) is 11.6. The van der Waals surface area contributed by atoms with Crippen molar-refractivity contribution in [3.05, 3.63) is 64.4 Å². The van der Waals surface area contributed by atoms with E-state index in [0.29, 0.717) is 10.8 Å². The smallest absolute Gasteiger partial charge is 0.139 e. The van der Waals surface area contributed by atoms with Crippen LogP contribution in [0.25, 0.3) is 0 Å². The summed E-state index contributed by atoms with van der Waals surface area (Å²) in [5.41, 5.74) is 8.05. The van der Waals surface area contributed by atoms with Gasteiger partial charge in [0.1, 0.15) is 17.7 Å². The molecule has 0 amide bonds. The lowest BCUT2D eigenvalue weighted by atomic mass is 10.0. The maximum absolute atomic E-state index is 13.1. The van der Waals surface area contributed by atoms with Crippen LogP contribution in [0.5, 0.6) is 5.75 Å². The van der Waals surface area contributed by atoms with Gasteiger partial charge in [0.25, 0.3) is 0 Å². The van der Waals surface area contributed by atoms with E-state index in [4.69, 9.17) is 22.1 Å². The minimum absolute atomic E-state index is 0.202. The molecule has 2 unspecified atom stereocenters. The van der Waals surface area contributed by atoms with Crippen molar-refractivity contribution >= 4 is 11.6 Å². The van der Waals surface area contributed by atoms with E-state index in [0.717, 1.165) is 17.5 Å². The highest BCUT2D eigenvalue weighted by Crippen LogP contribution is 2.31. The Bertz CT molecular complexity index is 600. The van der Waals surface area contributed by atoms with Gasteiger partial charge in [0.15, 0.2) is 0 Å². The quantitative estimate of drug-likeness (QED) is 0.873. The van der Waals surface area contributed by atoms with E-state index in [2.05, 4.69) is 0 Å². The summed E-state index contributed by atoms with van der Waals surface area (Å²) in [6.45, 7) is 3.96. The first kappa shape index (κ1) is 15.8.